The monoisotopic (exact) mass is 466 g/mol. The van der Waals surface area contributed by atoms with Crippen LogP contribution < -0.4 is 4.74 Å². The molecular weight excluding hydrogens is 436 g/mol. The van der Waals surface area contributed by atoms with Gasteiger partial charge in [0, 0.05) is 32.7 Å². The van der Waals surface area contributed by atoms with Crippen molar-refractivity contribution in [2.24, 2.45) is 0 Å². The number of amides is 1. The van der Waals surface area contributed by atoms with Crippen molar-refractivity contribution in [1.29, 1.82) is 5.26 Å². The number of hydrogen-bond acceptors (Lipinski definition) is 5. The first-order valence-corrected chi connectivity index (χ1v) is 12.1. The van der Waals surface area contributed by atoms with Crippen LogP contribution in [-0.2, 0) is 0 Å². The lowest BCUT2D eigenvalue weighted by molar-refractivity contribution is 0.0595. The summed E-state index contributed by atoms with van der Waals surface area (Å²) in [5, 5.41) is 9.39. The van der Waals surface area contributed by atoms with Gasteiger partial charge in [-0.15, -0.1) is 0 Å². The van der Waals surface area contributed by atoms with Gasteiger partial charge in [0.25, 0.3) is 5.91 Å². The van der Waals surface area contributed by atoms with Crippen molar-refractivity contribution in [3.63, 3.8) is 0 Å². The Hall–Kier alpha value is -3.66. The number of hydrogen-bond donors (Lipinski definition) is 0. The van der Waals surface area contributed by atoms with Crippen LogP contribution in [0.15, 0.2) is 66.7 Å². The van der Waals surface area contributed by atoms with E-state index in [4.69, 9.17) is 4.74 Å². The molecule has 0 spiro atoms. The number of fused-ring (bicyclic) bond motifs is 3. The molecule has 0 aromatic heterocycles. The molecule has 178 valence electrons. The van der Waals surface area contributed by atoms with Crippen molar-refractivity contribution >= 4 is 5.91 Å². The predicted molar refractivity (Wildman–Crippen MR) is 136 cm³/mol. The second-order valence-electron chi connectivity index (χ2n) is 9.38. The summed E-state index contributed by atoms with van der Waals surface area (Å²) in [5.41, 5.74) is 6.17. The summed E-state index contributed by atoms with van der Waals surface area (Å²) in [6.45, 7) is 4.23. The largest absolute Gasteiger partial charge is 0.491 e. The molecule has 1 aliphatic heterocycles. The van der Waals surface area contributed by atoms with E-state index in [1.54, 1.807) is 0 Å². The van der Waals surface area contributed by atoms with Gasteiger partial charge in [-0.2, -0.15) is 5.26 Å². The summed E-state index contributed by atoms with van der Waals surface area (Å²) in [7, 11) is 4.01. The Labute approximate surface area is 206 Å². The molecular formula is C29H30N4O2. The Morgan fingerprint density at radius 2 is 1.69 bits per heavy atom. The molecule has 3 aromatic carbocycles. The Morgan fingerprint density at radius 1 is 0.971 bits per heavy atom. The standard InChI is InChI=1S/C29H30N4O2/c1-31(2)17-18-35-27-10-6-5-9-25(27)29(34)33-15-13-32(14-16-33)28-23-8-4-3-7-22(23)26-19-21(20-30)11-12-24(26)28/h3-12,19,28H,13-18H2,1-2H3. The molecule has 1 fully saturated rings. The van der Waals surface area contributed by atoms with Gasteiger partial charge in [0.15, 0.2) is 0 Å². The van der Waals surface area contributed by atoms with E-state index in [0.29, 0.717) is 36.6 Å². The van der Waals surface area contributed by atoms with Crippen LogP contribution >= 0.6 is 0 Å². The Morgan fingerprint density at radius 3 is 2.46 bits per heavy atom. The summed E-state index contributed by atoms with van der Waals surface area (Å²) in [6.07, 6.45) is 0. The van der Waals surface area contributed by atoms with E-state index in [0.717, 1.165) is 25.2 Å². The van der Waals surface area contributed by atoms with Crippen LogP contribution in [0.4, 0.5) is 0 Å². The molecule has 5 rings (SSSR count). The minimum atomic E-state index is 0.0241. The highest BCUT2D eigenvalue weighted by Gasteiger charge is 2.35. The second kappa shape index (κ2) is 9.91. The molecule has 6 nitrogen and oxygen atoms in total. The van der Waals surface area contributed by atoms with Gasteiger partial charge in [0.05, 0.1) is 23.2 Å². The third-order valence-electron chi connectivity index (χ3n) is 6.90. The first-order valence-electron chi connectivity index (χ1n) is 12.1. The van der Waals surface area contributed by atoms with E-state index < -0.39 is 0 Å². The zero-order chi connectivity index (χ0) is 24.4. The zero-order valence-corrected chi connectivity index (χ0v) is 20.3. The average molecular weight is 467 g/mol. The first kappa shape index (κ1) is 23.1. The third-order valence-corrected chi connectivity index (χ3v) is 6.90. The fourth-order valence-electron chi connectivity index (χ4n) is 5.10. The van der Waals surface area contributed by atoms with E-state index in [9.17, 15) is 10.1 Å². The minimum absolute atomic E-state index is 0.0241. The van der Waals surface area contributed by atoms with Crippen molar-refractivity contribution in [2.75, 3.05) is 53.4 Å². The summed E-state index contributed by atoms with van der Waals surface area (Å²) in [4.78, 5) is 19.9. The summed E-state index contributed by atoms with van der Waals surface area (Å²) < 4.78 is 5.94. The molecule has 1 atom stereocenters. The molecule has 1 amide bonds. The normalized spacial score (nSPS) is 17.1. The first-order chi connectivity index (χ1) is 17.1. The van der Waals surface area contributed by atoms with Crippen LogP contribution in [-0.4, -0.2) is 74.0 Å². The van der Waals surface area contributed by atoms with Crippen molar-refractivity contribution in [1.82, 2.24) is 14.7 Å². The van der Waals surface area contributed by atoms with Gasteiger partial charge in [-0.05, 0) is 60.6 Å². The number of carbonyl (C=O) groups excluding carboxylic acids is 1. The van der Waals surface area contributed by atoms with E-state index in [2.05, 4.69) is 46.2 Å². The highest BCUT2D eigenvalue weighted by molar-refractivity contribution is 5.97. The zero-order valence-electron chi connectivity index (χ0n) is 20.3. The average Bonchev–Trinajstić information content (AvgIpc) is 3.22. The molecule has 3 aromatic rings. The lowest BCUT2D eigenvalue weighted by Crippen LogP contribution is -2.49. The van der Waals surface area contributed by atoms with Gasteiger partial charge in [0.1, 0.15) is 12.4 Å². The number of nitriles is 1. The van der Waals surface area contributed by atoms with E-state index in [1.165, 1.54) is 16.7 Å². The SMILES string of the molecule is CN(C)CCOc1ccccc1C(=O)N1CCN(C2c3ccccc3-c3cc(C#N)ccc32)CC1. The predicted octanol–water partition coefficient (Wildman–Crippen LogP) is 4.03. The summed E-state index contributed by atoms with van der Waals surface area (Å²) in [5.74, 6) is 0.671. The van der Waals surface area contributed by atoms with E-state index >= 15 is 0 Å². The molecule has 0 bridgehead atoms. The molecule has 35 heavy (non-hydrogen) atoms. The number of nitrogens with zero attached hydrogens (tertiary/aromatic N) is 4. The number of rotatable bonds is 6. The van der Waals surface area contributed by atoms with Gasteiger partial charge < -0.3 is 14.5 Å². The van der Waals surface area contributed by atoms with Gasteiger partial charge in [-0.1, -0.05) is 42.5 Å². The maximum Gasteiger partial charge on any atom is 0.257 e. The quantitative estimate of drug-likeness (QED) is 0.549. The maximum atomic E-state index is 13.4. The molecule has 1 heterocycles. The lowest BCUT2D eigenvalue weighted by atomic mass is 10.0. The molecule has 1 unspecified atom stereocenters. The van der Waals surface area contributed by atoms with Gasteiger partial charge >= 0.3 is 0 Å². The number of piperazine rings is 1. The van der Waals surface area contributed by atoms with Crippen LogP contribution in [0, 0.1) is 11.3 Å². The van der Waals surface area contributed by atoms with Crippen LogP contribution in [0.25, 0.3) is 11.1 Å². The highest BCUT2D eigenvalue weighted by atomic mass is 16.5. The maximum absolute atomic E-state index is 13.4. The molecule has 0 radical (unpaired) electrons. The second-order valence-corrected chi connectivity index (χ2v) is 9.38. The summed E-state index contributed by atoms with van der Waals surface area (Å²) >= 11 is 0. The van der Waals surface area contributed by atoms with Crippen molar-refractivity contribution in [3.8, 4) is 22.9 Å². The van der Waals surface area contributed by atoms with Crippen LogP contribution in [0.3, 0.4) is 0 Å². The van der Waals surface area contributed by atoms with Crippen LogP contribution in [0.2, 0.25) is 0 Å². The Bertz CT molecular complexity index is 1270. The smallest absolute Gasteiger partial charge is 0.257 e. The highest BCUT2D eigenvalue weighted by Crippen LogP contribution is 2.46. The summed E-state index contributed by atoms with van der Waals surface area (Å²) in [6, 6.07) is 24.4. The van der Waals surface area contributed by atoms with Crippen LogP contribution in [0.5, 0.6) is 5.75 Å². The molecule has 2 aliphatic rings. The fourth-order valence-corrected chi connectivity index (χ4v) is 5.10. The van der Waals surface area contributed by atoms with Gasteiger partial charge in [-0.25, -0.2) is 0 Å². The van der Waals surface area contributed by atoms with Crippen LogP contribution in [0.1, 0.15) is 33.1 Å². The van der Waals surface area contributed by atoms with Crippen molar-refractivity contribution < 1.29 is 9.53 Å². The molecule has 6 heteroatoms. The van der Waals surface area contributed by atoms with Gasteiger partial charge in [0.2, 0.25) is 0 Å². The number of ether oxygens (including phenoxy) is 1. The molecule has 1 saturated heterocycles. The molecule has 0 N–H and O–H groups in total. The van der Waals surface area contributed by atoms with Crippen molar-refractivity contribution in [2.45, 2.75) is 6.04 Å². The van der Waals surface area contributed by atoms with Crippen molar-refractivity contribution in [3.05, 3.63) is 89.0 Å². The minimum Gasteiger partial charge on any atom is -0.491 e. The lowest BCUT2D eigenvalue weighted by Gasteiger charge is -2.39. The number of para-hydroxylation sites is 1. The number of benzene rings is 3. The van der Waals surface area contributed by atoms with E-state index in [1.807, 2.05) is 55.4 Å². The van der Waals surface area contributed by atoms with E-state index in [-0.39, 0.29) is 11.9 Å². The molecule has 0 saturated carbocycles. The number of carbonyl (C=O) groups is 1. The fraction of sp³-hybridized carbons (Fsp3) is 0.310. The van der Waals surface area contributed by atoms with Gasteiger partial charge in [-0.3, -0.25) is 9.69 Å². The Balaban J connectivity index is 1.31. The third kappa shape index (κ3) is 4.53. The molecule has 1 aliphatic carbocycles. The topological polar surface area (TPSA) is 59.8 Å². The Kier molecular flexibility index (Phi) is 6.54. The number of likely N-dealkylation sites (N-methyl/N-ethyl adjacent to an activating group) is 1.